The molecule has 1 atom stereocenters. The summed E-state index contributed by atoms with van der Waals surface area (Å²) in [5.74, 6) is -5.87. The summed E-state index contributed by atoms with van der Waals surface area (Å²) >= 11 is 0. The number of carbonyl (C=O) groups excluding carboxylic acids is 1. The van der Waals surface area contributed by atoms with Crippen LogP contribution in [0.1, 0.15) is 17.3 Å². The van der Waals surface area contributed by atoms with Crippen molar-refractivity contribution in [1.82, 2.24) is 4.90 Å². The second-order valence-electron chi connectivity index (χ2n) is 4.46. The number of carbonyl (C=O) groups is 2. The second kappa shape index (κ2) is 5.76. The fourth-order valence-corrected chi connectivity index (χ4v) is 3.10. The van der Waals surface area contributed by atoms with E-state index in [0.717, 1.165) is 11.8 Å². The Morgan fingerprint density at radius 3 is 2.19 bits per heavy atom. The van der Waals surface area contributed by atoms with E-state index in [2.05, 4.69) is 0 Å². The largest absolute Gasteiger partial charge is 0.477 e. The van der Waals surface area contributed by atoms with Gasteiger partial charge in [-0.3, -0.25) is 4.79 Å². The lowest BCUT2D eigenvalue weighted by molar-refractivity contribution is -0.127. The van der Waals surface area contributed by atoms with E-state index >= 15 is 0 Å². The lowest BCUT2D eigenvalue weighted by Gasteiger charge is -2.18. The van der Waals surface area contributed by atoms with E-state index in [0.29, 0.717) is 12.1 Å². The summed E-state index contributed by atoms with van der Waals surface area (Å²) < 4.78 is 51.6. The second-order valence-corrected chi connectivity index (χ2v) is 6.70. The Labute approximate surface area is 119 Å². The van der Waals surface area contributed by atoms with Gasteiger partial charge in [0.2, 0.25) is 5.91 Å². The predicted octanol–water partition coefficient (Wildman–Crippen LogP) is 0.913. The molecule has 21 heavy (non-hydrogen) atoms. The van der Waals surface area contributed by atoms with Crippen LogP contribution in [0.15, 0.2) is 17.0 Å². The number of hydrogen-bond acceptors (Lipinski definition) is 4. The Balaban J connectivity index is 3.51. The molecule has 0 spiro atoms. The Morgan fingerprint density at radius 2 is 1.76 bits per heavy atom. The molecule has 0 aliphatic carbocycles. The van der Waals surface area contributed by atoms with Gasteiger partial charge in [0, 0.05) is 14.1 Å². The third-order valence-electron chi connectivity index (χ3n) is 2.83. The fraction of sp³-hybridized carbons (Fsp3) is 0.333. The molecule has 0 fully saturated rings. The Morgan fingerprint density at radius 1 is 1.24 bits per heavy atom. The number of hydrogen-bond donors (Lipinski definition) is 1. The van der Waals surface area contributed by atoms with Gasteiger partial charge in [0.05, 0.1) is 0 Å². The predicted molar refractivity (Wildman–Crippen MR) is 68.7 cm³/mol. The van der Waals surface area contributed by atoms with Crippen LogP contribution in [0.5, 0.6) is 0 Å². The molecule has 1 N–H and O–H groups in total. The fourth-order valence-electron chi connectivity index (χ4n) is 1.64. The van der Waals surface area contributed by atoms with Crippen LogP contribution in [0, 0.1) is 11.6 Å². The summed E-state index contributed by atoms with van der Waals surface area (Å²) in [6.07, 6.45) is 0. The first-order valence-corrected chi connectivity index (χ1v) is 7.22. The van der Waals surface area contributed by atoms with Gasteiger partial charge in [-0.25, -0.2) is 22.0 Å². The molecule has 0 aliphatic heterocycles. The van der Waals surface area contributed by atoms with Crippen molar-refractivity contribution >= 4 is 21.7 Å². The summed E-state index contributed by atoms with van der Waals surface area (Å²) in [5, 5.41) is 7.09. The Hall–Kier alpha value is -2.03. The van der Waals surface area contributed by atoms with Crippen LogP contribution in [-0.4, -0.2) is 49.6 Å². The molecule has 6 nitrogen and oxygen atoms in total. The van der Waals surface area contributed by atoms with Crippen molar-refractivity contribution in [3.8, 4) is 0 Å². The van der Waals surface area contributed by atoms with Gasteiger partial charge in [-0.2, -0.15) is 0 Å². The van der Waals surface area contributed by atoms with Gasteiger partial charge in [-0.1, -0.05) is 0 Å². The standard InChI is InChI=1S/C12H13F2NO5S/c1-6(11(16)15(2)3)21(19,20)8-5-4-7(13)9(10(8)14)12(17)18/h4-6H,1-3H3,(H,17,18). The molecule has 1 amide bonds. The van der Waals surface area contributed by atoms with Gasteiger partial charge in [0.15, 0.2) is 15.7 Å². The Kier molecular flexibility index (Phi) is 4.67. The van der Waals surface area contributed by atoms with Crippen LogP contribution in [0.4, 0.5) is 8.78 Å². The van der Waals surface area contributed by atoms with E-state index in [9.17, 15) is 26.8 Å². The lowest BCUT2D eigenvalue weighted by atomic mass is 10.2. The molecule has 1 rings (SSSR count). The SMILES string of the molecule is CC(C(=O)N(C)C)S(=O)(=O)c1ccc(F)c(C(=O)O)c1F. The molecule has 0 saturated heterocycles. The highest BCUT2D eigenvalue weighted by molar-refractivity contribution is 7.92. The van der Waals surface area contributed by atoms with Crippen molar-refractivity contribution in [2.75, 3.05) is 14.1 Å². The minimum atomic E-state index is -4.48. The lowest BCUT2D eigenvalue weighted by Crippen LogP contribution is -2.37. The Bertz CT molecular complexity index is 700. The molecule has 0 bridgehead atoms. The van der Waals surface area contributed by atoms with E-state index in [1.807, 2.05) is 0 Å². The van der Waals surface area contributed by atoms with Crippen LogP contribution in [0.2, 0.25) is 0 Å². The topological polar surface area (TPSA) is 91.8 Å². The molecule has 9 heteroatoms. The third-order valence-corrected chi connectivity index (χ3v) is 4.89. The van der Waals surface area contributed by atoms with Gasteiger partial charge >= 0.3 is 5.97 Å². The highest BCUT2D eigenvalue weighted by atomic mass is 32.2. The van der Waals surface area contributed by atoms with Crippen LogP contribution in [-0.2, 0) is 14.6 Å². The molecule has 0 aromatic heterocycles. The van der Waals surface area contributed by atoms with E-state index in [-0.39, 0.29) is 0 Å². The quantitative estimate of drug-likeness (QED) is 0.832. The molecule has 116 valence electrons. The van der Waals surface area contributed by atoms with Crippen molar-refractivity contribution < 1.29 is 31.9 Å². The third kappa shape index (κ3) is 3.02. The molecule has 0 heterocycles. The number of aromatic carboxylic acids is 1. The number of amides is 1. The number of nitrogens with zero attached hydrogens (tertiary/aromatic N) is 1. The van der Waals surface area contributed by atoms with Gasteiger partial charge < -0.3 is 10.0 Å². The summed E-state index contributed by atoms with van der Waals surface area (Å²) in [6, 6.07) is 1.14. The molecule has 0 saturated carbocycles. The number of sulfone groups is 1. The molecule has 1 aromatic rings. The van der Waals surface area contributed by atoms with Crippen molar-refractivity contribution in [3.05, 3.63) is 29.3 Å². The number of benzene rings is 1. The maximum atomic E-state index is 14.0. The minimum absolute atomic E-state index is 0.534. The zero-order valence-electron chi connectivity index (χ0n) is 11.4. The zero-order valence-corrected chi connectivity index (χ0v) is 12.2. The van der Waals surface area contributed by atoms with E-state index in [4.69, 9.17) is 5.11 Å². The monoisotopic (exact) mass is 321 g/mol. The van der Waals surface area contributed by atoms with Crippen LogP contribution >= 0.6 is 0 Å². The molecule has 1 aromatic carbocycles. The first-order chi connectivity index (χ1) is 9.51. The first-order valence-electron chi connectivity index (χ1n) is 5.68. The van der Waals surface area contributed by atoms with Gasteiger partial charge in [0.1, 0.15) is 21.5 Å². The summed E-state index contributed by atoms with van der Waals surface area (Å²) in [4.78, 5) is 22.5. The molecule has 0 aliphatic rings. The summed E-state index contributed by atoms with van der Waals surface area (Å²) in [6.45, 7) is 1.04. The normalized spacial score (nSPS) is 12.8. The van der Waals surface area contributed by atoms with Gasteiger partial charge in [0.25, 0.3) is 0 Å². The average Bonchev–Trinajstić information content (AvgIpc) is 2.35. The van der Waals surface area contributed by atoms with Crippen molar-refractivity contribution in [1.29, 1.82) is 0 Å². The van der Waals surface area contributed by atoms with E-state index in [1.54, 1.807) is 0 Å². The van der Waals surface area contributed by atoms with Crippen LogP contribution < -0.4 is 0 Å². The maximum Gasteiger partial charge on any atom is 0.341 e. The molecular weight excluding hydrogens is 308 g/mol. The summed E-state index contributed by atoms with van der Waals surface area (Å²) in [7, 11) is -1.85. The highest BCUT2D eigenvalue weighted by Crippen LogP contribution is 2.25. The van der Waals surface area contributed by atoms with Crippen LogP contribution in [0.3, 0.4) is 0 Å². The number of carboxylic acids is 1. The zero-order chi connectivity index (χ0) is 16.5. The van der Waals surface area contributed by atoms with E-state index in [1.165, 1.54) is 14.1 Å². The number of carboxylic acid groups (broad SMARTS) is 1. The molecular formula is C12H13F2NO5S. The van der Waals surface area contributed by atoms with Crippen molar-refractivity contribution in [2.45, 2.75) is 17.1 Å². The van der Waals surface area contributed by atoms with Crippen molar-refractivity contribution in [3.63, 3.8) is 0 Å². The maximum absolute atomic E-state index is 14.0. The first kappa shape index (κ1) is 17.0. The minimum Gasteiger partial charge on any atom is -0.477 e. The number of rotatable bonds is 4. The smallest absolute Gasteiger partial charge is 0.341 e. The highest BCUT2D eigenvalue weighted by Gasteiger charge is 2.35. The average molecular weight is 321 g/mol. The van der Waals surface area contributed by atoms with Crippen molar-refractivity contribution in [2.24, 2.45) is 0 Å². The van der Waals surface area contributed by atoms with E-state index < -0.39 is 49.1 Å². The van der Waals surface area contributed by atoms with Crippen LogP contribution in [0.25, 0.3) is 0 Å². The van der Waals surface area contributed by atoms with Gasteiger partial charge in [-0.05, 0) is 19.1 Å². The van der Waals surface area contributed by atoms with Gasteiger partial charge in [-0.15, -0.1) is 0 Å². The number of halogens is 2. The molecule has 1 unspecified atom stereocenters. The molecule has 0 radical (unpaired) electrons. The summed E-state index contributed by atoms with van der Waals surface area (Å²) in [5.41, 5.74) is -1.37.